The van der Waals surface area contributed by atoms with Crippen molar-refractivity contribution >= 4 is 39.9 Å². The number of carbonyl (C=O) groups is 1. The average Bonchev–Trinajstić information content (AvgIpc) is 2.95. The summed E-state index contributed by atoms with van der Waals surface area (Å²) < 4.78 is 0.621. The van der Waals surface area contributed by atoms with Crippen molar-refractivity contribution < 1.29 is 4.79 Å². The molecule has 126 valence electrons. The van der Waals surface area contributed by atoms with Crippen LogP contribution in [0.2, 0.25) is 0 Å². The van der Waals surface area contributed by atoms with Gasteiger partial charge in [0.2, 0.25) is 5.91 Å². The van der Waals surface area contributed by atoms with Gasteiger partial charge in [-0.1, -0.05) is 6.42 Å². The number of hydrogen-bond acceptors (Lipinski definition) is 5. The lowest BCUT2D eigenvalue weighted by Crippen LogP contribution is -2.39. The van der Waals surface area contributed by atoms with Gasteiger partial charge in [-0.05, 0) is 30.7 Å². The van der Waals surface area contributed by atoms with Crippen molar-refractivity contribution in [3.05, 3.63) is 27.6 Å². The van der Waals surface area contributed by atoms with E-state index in [0.717, 1.165) is 25.7 Å². The molecule has 1 fully saturated rings. The Morgan fingerprint density at radius 2 is 2.30 bits per heavy atom. The second kappa shape index (κ2) is 7.42. The molecule has 2 unspecified atom stereocenters. The maximum Gasteiger partial charge on any atom is 0.268 e. The number of nitrogens with two attached hydrogens (primary N) is 1. The molecule has 6 nitrogen and oxygen atoms in total. The molecule has 0 aliphatic heterocycles. The van der Waals surface area contributed by atoms with Gasteiger partial charge >= 0.3 is 0 Å². The molecule has 1 saturated carbocycles. The van der Waals surface area contributed by atoms with E-state index < -0.39 is 0 Å². The number of halogens is 1. The standard InChI is InChI=1S/C15H20N4O2S.ClH/c1-19(15(21)9-3-2-4-10(16)7-9)8-12-17-11-5-6-22-13(11)14(20)18-12;/h5-6,9-10H,2-4,7-8,16H2,1H3,(H,17,18,20);1H. The molecule has 0 radical (unpaired) electrons. The molecule has 3 N–H and O–H groups in total. The van der Waals surface area contributed by atoms with E-state index in [0.29, 0.717) is 22.6 Å². The minimum atomic E-state index is -0.143. The summed E-state index contributed by atoms with van der Waals surface area (Å²) in [6.07, 6.45) is 3.64. The van der Waals surface area contributed by atoms with Crippen molar-refractivity contribution in [3.63, 3.8) is 0 Å². The van der Waals surface area contributed by atoms with Crippen molar-refractivity contribution in [1.29, 1.82) is 0 Å². The molecule has 1 aliphatic rings. The van der Waals surface area contributed by atoms with E-state index in [4.69, 9.17) is 5.73 Å². The lowest BCUT2D eigenvalue weighted by atomic mass is 9.85. The quantitative estimate of drug-likeness (QED) is 0.878. The van der Waals surface area contributed by atoms with Crippen LogP contribution in [0.15, 0.2) is 16.2 Å². The Bertz CT molecular complexity index is 744. The number of nitrogens with one attached hydrogen (secondary N) is 1. The Morgan fingerprint density at radius 1 is 1.52 bits per heavy atom. The van der Waals surface area contributed by atoms with E-state index >= 15 is 0 Å². The molecular formula is C15H21ClN4O2S. The number of carbonyl (C=O) groups excluding carboxylic acids is 1. The van der Waals surface area contributed by atoms with Crippen molar-refractivity contribution in [1.82, 2.24) is 14.9 Å². The van der Waals surface area contributed by atoms with Crippen molar-refractivity contribution in [2.24, 2.45) is 11.7 Å². The van der Waals surface area contributed by atoms with Crippen LogP contribution >= 0.6 is 23.7 Å². The highest BCUT2D eigenvalue weighted by Crippen LogP contribution is 2.25. The van der Waals surface area contributed by atoms with E-state index in [1.807, 2.05) is 11.4 Å². The summed E-state index contributed by atoms with van der Waals surface area (Å²) in [7, 11) is 1.75. The minimum absolute atomic E-state index is 0. The van der Waals surface area contributed by atoms with E-state index in [1.54, 1.807) is 11.9 Å². The van der Waals surface area contributed by atoms with Gasteiger partial charge in [0.25, 0.3) is 5.56 Å². The Balaban J connectivity index is 0.00000192. The van der Waals surface area contributed by atoms with Gasteiger partial charge in [-0.3, -0.25) is 9.59 Å². The largest absolute Gasteiger partial charge is 0.338 e. The SMILES string of the molecule is CN(Cc1nc2ccsc2c(=O)[nH]1)C(=O)C1CCCC(N)C1.Cl. The molecule has 0 aromatic carbocycles. The molecular weight excluding hydrogens is 336 g/mol. The van der Waals surface area contributed by atoms with Crippen LogP contribution in [0, 0.1) is 5.92 Å². The van der Waals surface area contributed by atoms with Gasteiger partial charge in [-0.15, -0.1) is 23.7 Å². The third kappa shape index (κ3) is 3.91. The highest BCUT2D eigenvalue weighted by molar-refractivity contribution is 7.17. The predicted molar refractivity (Wildman–Crippen MR) is 93.9 cm³/mol. The van der Waals surface area contributed by atoms with Crippen LogP contribution in [0.4, 0.5) is 0 Å². The topological polar surface area (TPSA) is 92.1 Å². The maximum absolute atomic E-state index is 12.5. The number of hydrogen-bond donors (Lipinski definition) is 2. The molecule has 2 atom stereocenters. The van der Waals surface area contributed by atoms with Crippen molar-refractivity contribution in [2.75, 3.05) is 7.05 Å². The fourth-order valence-electron chi connectivity index (χ4n) is 3.06. The summed E-state index contributed by atoms with van der Waals surface area (Å²) in [4.78, 5) is 33.3. The average molecular weight is 357 g/mol. The smallest absolute Gasteiger partial charge is 0.268 e. The van der Waals surface area contributed by atoms with Crippen LogP contribution in [0.3, 0.4) is 0 Å². The molecule has 0 saturated heterocycles. The molecule has 3 rings (SSSR count). The first kappa shape index (κ1) is 17.9. The molecule has 2 aromatic heterocycles. The van der Waals surface area contributed by atoms with Gasteiger partial charge in [0.1, 0.15) is 10.5 Å². The minimum Gasteiger partial charge on any atom is -0.338 e. The van der Waals surface area contributed by atoms with E-state index in [9.17, 15) is 9.59 Å². The third-order valence-electron chi connectivity index (χ3n) is 4.19. The van der Waals surface area contributed by atoms with E-state index in [2.05, 4.69) is 9.97 Å². The van der Waals surface area contributed by atoms with Crippen LogP contribution < -0.4 is 11.3 Å². The summed E-state index contributed by atoms with van der Waals surface area (Å²) in [5, 5.41) is 1.84. The number of rotatable bonds is 3. The van der Waals surface area contributed by atoms with Crippen molar-refractivity contribution in [2.45, 2.75) is 38.3 Å². The zero-order chi connectivity index (χ0) is 15.7. The van der Waals surface area contributed by atoms with Gasteiger partial charge in [0, 0.05) is 19.0 Å². The maximum atomic E-state index is 12.5. The zero-order valence-corrected chi connectivity index (χ0v) is 14.6. The Morgan fingerprint density at radius 3 is 3.04 bits per heavy atom. The second-order valence-corrected chi connectivity index (χ2v) is 6.88. The summed E-state index contributed by atoms with van der Waals surface area (Å²) in [5.41, 5.74) is 6.50. The number of aromatic nitrogens is 2. The summed E-state index contributed by atoms with van der Waals surface area (Å²) in [6.45, 7) is 0.311. The van der Waals surface area contributed by atoms with Gasteiger partial charge < -0.3 is 15.6 Å². The van der Waals surface area contributed by atoms with Crippen LogP contribution in [-0.4, -0.2) is 33.9 Å². The van der Waals surface area contributed by atoms with Gasteiger partial charge in [-0.25, -0.2) is 4.98 Å². The molecule has 2 aromatic rings. The van der Waals surface area contributed by atoms with E-state index in [-0.39, 0.29) is 35.8 Å². The predicted octanol–water partition coefficient (Wildman–Crippen LogP) is 1.88. The Kier molecular flexibility index (Phi) is 5.78. The van der Waals surface area contributed by atoms with E-state index in [1.165, 1.54) is 11.3 Å². The first-order chi connectivity index (χ1) is 10.5. The Hall–Kier alpha value is -1.44. The molecule has 2 heterocycles. The highest BCUT2D eigenvalue weighted by Gasteiger charge is 2.27. The lowest BCUT2D eigenvalue weighted by molar-refractivity contribution is -0.136. The fourth-order valence-corrected chi connectivity index (χ4v) is 3.79. The second-order valence-electron chi connectivity index (χ2n) is 5.97. The zero-order valence-electron chi connectivity index (χ0n) is 12.9. The number of thiophene rings is 1. The molecule has 23 heavy (non-hydrogen) atoms. The first-order valence-electron chi connectivity index (χ1n) is 7.51. The van der Waals surface area contributed by atoms with Crippen LogP contribution in [0.25, 0.3) is 10.2 Å². The van der Waals surface area contributed by atoms with Gasteiger partial charge in [0.05, 0.1) is 12.1 Å². The third-order valence-corrected chi connectivity index (χ3v) is 5.09. The summed E-state index contributed by atoms with van der Waals surface area (Å²) in [5.74, 6) is 0.598. The molecule has 0 bridgehead atoms. The van der Waals surface area contributed by atoms with Crippen LogP contribution in [0.5, 0.6) is 0 Å². The number of fused-ring (bicyclic) bond motifs is 1. The summed E-state index contributed by atoms with van der Waals surface area (Å²) >= 11 is 1.37. The number of H-pyrrole nitrogens is 1. The number of aromatic amines is 1. The number of amides is 1. The summed E-state index contributed by atoms with van der Waals surface area (Å²) in [6, 6.07) is 1.94. The lowest BCUT2D eigenvalue weighted by Gasteiger charge is -2.29. The number of nitrogens with zero attached hydrogens (tertiary/aromatic N) is 2. The molecule has 1 amide bonds. The van der Waals surface area contributed by atoms with Gasteiger partial charge in [0.15, 0.2) is 0 Å². The first-order valence-corrected chi connectivity index (χ1v) is 8.39. The van der Waals surface area contributed by atoms with Crippen molar-refractivity contribution in [3.8, 4) is 0 Å². The van der Waals surface area contributed by atoms with Crippen LogP contribution in [-0.2, 0) is 11.3 Å². The monoisotopic (exact) mass is 356 g/mol. The Labute approximate surface area is 144 Å². The van der Waals surface area contributed by atoms with Gasteiger partial charge in [-0.2, -0.15) is 0 Å². The molecule has 1 aliphatic carbocycles. The van der Waals surface area contributed by atoms with Crippen LogP contribution in [0.1, 0.15) is 31.5 Å². The molecule has 8 heteroatoms. The normalized spacial score (nSPS) is 21.0. The highest BCUT2D eigenvalue weighted by atomic mass is 35.5. The fraction of sp³-hybridized carbons (Fsp3) is 0.533. The molecule has 0 spiro atoms.